The smallest absolute Gasteiger partial charge is 0.127 e. The Bertz CT molecular complexity index is 711. The second-order valence-corrected chi connectivity index (χ2v) is 4.99. The lowest BCUT2D eigenvalue weighted by Crippen LogP contribution is -1.84. The van der Waals surface area contributed by atoms with Crippen LogP contribution in [0.15, 0.2) is 72.8 Å². The lowest BCUT2D eigenvalue weighted by atomic mass is 10.0. The van der Waals surface area contributed by atoms with Gasteiger partial charge in [0.05, 0.1) is 0 Å². The zero-order chi connectivity index (χ0) is 14.7. The molecule has 0 aromatic heterocycles. The second kappa shape index (κ2) is 5.71. The second-order valence-electron chi connectivity index (χ2n) is 4.99. The number of rotatable bonds is 3. The maximum absolute atomic E-state index is 9.25. The van der Waals surface area contributed by atoms with E-state index < -0.39 is 0 Å². The first-order valence-corrected chi connectivity index (χ1v) is 6.85. The van der Waals surface area contributed by atoms with E-state index in [2.05, 4.69) is 31.2 Å². The van der Waals surface area contributed by atoms with Crippen molar-refractivity contribution in [1.29, 1.82) is 0 Å². The van der Waals surface area contributed by atoms with Crippen LogP contribution >= 0.6 is 0 Å². The molecule has 0 aliphatic heterocycles. The third-order valence-electron chi connectivity index (χ3n) is 3.31. The van der Waals surface area contributed by atoms with Gasteiger partial charge in [-0.15, -0.1) is 0 Å². The molecule has 0 aliphatic carbocycles. The van der Waals surface area contributed by atoms with Crippen molar-refractivity contribution in [2.45, 2.75) is 6.92 Å². The predicted molar refractivity (Wildman–Crippen MR) is 84.8 cm³/mol. The van der Waals surface area contributed by atoms with Gasteiger partial charge in [-0.1, -0.05) is 42.0 Å². The molecule has 2 heteroatoms. The summed E-state index contributed by atoms with van der Waals surface area (Å²) in [7, 11) is 0. The first kappa shape index (κ1) is 13.3. The molecule has 21 heavy (non-hydrogen) atoms. The number of hydrogen-bond acceptors (Lipinski definition) is 2. The summed E-state index contributed by atoms with van der Waals surface area (Å²) < 4.78 is 5.73. The van der Waals surface area contributed by atoms with Gasteiger partial charge in [0, 0.05) is 0 Å². The molecule has 0 amide bonds. The molecular weight excluding hydrogens is 260 g/mol. The molecule has 104 valence electrons. The molecule has 0 bridgehead atoms. The summed E-state index contributed by atoms with van der Waals surface area (Å²) in [6.07, 6.45) is 0. The summed E-state index contributed by atoms with van der Waals surface area (Å²) in [5, 5.41) is 9.25. The Balaban J connectivity index is 1.77. The number of aromatic hydroxyl groups is 1. The van der Waals surface area contributed by atoms with Crippen LogP contribution in [0.3, 0.4) is 0 Å². The lowest BCUT2D eigenvalue weighted by molar-refractivity contribution is 0.464. The zero-order valence-corrected chi connectivity index (χ0v) is 11.8. The number of aryl methyl sites for hydroxylation is 1. The van der Waals surface area contributed by atoms with Gasteiger partial charge in [0.2, 0.25) is 0 Å². The van der Waals surface area contributed by atoms with Crippen LogP contribution in [0.1, 0.15) is 5.56 Å². The first-order valence-electron chi connectivity index (χ1n) is 6.85. The van der Waals surface area contributed by atoms with Gasteiger partial charge >= 0.3 is 0 Å². The summed E-state index contributed by atoms with van der Waals surface area (Å²) >= 11 is 0. The van der Waals surface area contributed by atoms with Crippen LogP contribution in [0, 0.1) is 6.92 Å². The molecular formula is C19H16O2. The largest absolute Gasteiger partial charge is 0.508 e. The molecule has 1 N–H and O–H groups in total. The Labute approximate surface area is 124 Å². The van der Waals surface area contributed by atoms with Gasteiger partial charge in [-0.2, -0.15) is 0 Å². The first-order chi connectivity index (χ1) is 10.2. The van der Waals surface area contributed by atoms with Crippen molar-refractivity contribution < 1.29 is 9.84 Å². The predicted octanol–water partition coefficient (Wildman–Crippen LogP) is 5.16. The average Bonchev–Trinajstić information content (AvgIpc) is 2.51. The normalized spacial score (nSPS) is 10.3. The Hall–Kier alpha value is -2.74. The van der Waals surface area contributed by atoms with Crippen LogP contribution in [-0.4, -0.2) is 5.11 Å². The molecule has 0 radical (unpaired) electrons. The van der Waals surface area contributed by atoms with E-state index in [-0.39, 0.29) is 5.75 Å². The van der Waals surface area contributed by atoms with Gasteiger partial charge in [0.15, 0.2) is 0 Å². The van der Waals surface area contributed by atoms with Crippen LogP contribution in [0.2, 0.25) is 0 Å². The third-order valence-corrected chi connectivity index (χ3v) is 3.31. The van der Waals surface area contributed by atoms with E-state index in [4.69, 9.17) is 4.74 Å². The van der Waals surface area contributed by atoms with E-state index in [1.807, 2.05) is 24.3 Å². The van der Waals surface area contributed by atoms with E-state index in [1.165, 1.54) is 11.1 Å². The molecule has 3 aromatic rings. The van der Waals surface area contributed by atoms with E-state index in [0.717, 1.165) is 11.3 Å². The molecule has 0 unspecified atom stereocenters. The van der Waals surface area contributed by atoms with Gasteiger partial charge in [0.25, 0.3) is 0 Å². The van der Waals surface area contributed by atoms with Crippen LogP contribution in [-0.2, 0) is 0 Å². The maximum atomic E-state index is 9.25. The lowest BCUT2D eigenvalue weighted by Gasteiger charge is -2.07. The number of benzene rings is 3. The summed E-state index contributed by atoms with van der Waals surface area (Å²) in [6.45, 7) is 2.08. The minimum atomic E-state index is 0.233. The Morgan fingerprint density at radius 3 is 1.57 bits per heavy atom. The molecule has 3 aromatic carbocycles. The SMILES string of the molecule is Cc1ccc(-c2ccc(Oc3ccc(O)cc3)cc2)cc1. The van der Waals surface area contributed by atoms with Crippen LogP contribution < -0.4 is 4.74 Å². The fourth-order valence-corrected chi connectivity index (χ4v) is 2.11. The Morgan fingerprint density at radius 2 is 1.05 bits per heavy atom. The summed E-state index contributed by atoms with van der Waals surface area (Å²) in [4.78, 5) is 0. The summed E-state index contributed by atoms with van der Waals surface area (Å²) in [5.74, 6) is 1.71. The number of phenols is 1. The van der Waals surface area contributed by atoms with Gasteiger partial charge in [-0.05, 0) is 54.4 Å². The van der Waals surface area contributed by atoms with Gasteiger partial charge in [-0.25, -0.2) is 0 Å². The highest BCUT2D eigenvalue weighted by Crippen LogP contribution is 2.26. The zero-order valence-electron chi connectivity index (χ0n) is 11.8. The van der Waals surface area contributed by atoms with E-state index in [0.29, 0.717) is 5.75 Å². The quantitative estimate of drug-likeness (QED) is 0.716. The van der Waals surface area contributed by atoms with Gasteiger partial charge in [-0.3, -0.25) is 0 Å². The highest BCUT2D eigenvalue weighted by molar-refractivity contribution is 5.64. The molecule has 2 nitrogen and oxygen atoms in total. The highest BCUT2D eigenvalue weighted by Gasteiger charge is 2.00. The van der Waals surface area contributed by atoms with Crippen molar-refractivity contribution in [3.8, 4) is 28.4 Å². The molecule has 0 heterocycles. The number of phenolic OH excluding ortho intramolecular Hbond substituents is 1. The average molecular weight is 276 g/mol. The minimum absolute atomic E-state index is 0.233. The van der Waals surface area contributed by atoms with Crippen molar-refractivity contribution in [2.75, 3.05) is 0 Å². The van der Waals surface area contributed by atoms with Crippen LogP contribution in [0.5, 0.6) is 17.2 Å². The standard InChI is InChI=1S/C19H16O2/c1-14-2-4-15(5-3-14)16-6-10-18(11-7-16)21-19-12-8-17(20)9-13-19/h2-13,20H,1H3. The number of ether oxygens (including phenoxy) is 1. The Morgan fingerprint density at radius 1 is 0.619 bits per heavy atom. The van der Waals surface area contributed by atoms with Crippen molar-refractivity contribution >= 4 is 0 Å². The van der Waals surface area contributed by atoms with E-state index in [9.17, 15) is 5.11 Å². The monoisotopic (exact) mass is 276 g/mol. The van der Waals surface area contributed by atoms with Crippen LogP contribution in [0.25, 0.3) is 11.1 Å². The molecule has 0 saturated heterocycles. The maximum Gasteiger partial charge on any atom is 0.127 e. The van der Waals surface area contributed by atoms with Crippen molar-refractivity contribution in [3.05, 3.63) is 78.4 Å². The molecule has 0 fully saturated rings. The molecule has 0 atom stereocenters. The van der Waals surface area contributed by atoms with Crippen molar-refractivity contribution in [1.82, 2.24) is 0 Å². The minimum Gasteiger partial charge on any atom is -0.508 e. The topological polar surface area (TPSA) is 29.5 Å². The van der Waals surface area contributed by atoms with Gasteiger partial charge < -0.3 is 9.84 Å². The number of hydrogen-bond donors (Lipinski definition) is 1. The fourth-order valence-electron chi connectivity index (χ4n) is 2.11. The van der Waals surface area contributed by atoms with E-state index in [1.54, 1.807) is 24.3 Å². The molecule has 0 saturated carbocycles. The molecule has 0 aliphatic rings. The van der Waals surface area contributed by atoms with E-state index >= 15 is 0 Å². The van der Waals surface area contributed by atoms with Crippen molar-refractivity contribution in [2.24, 2.45) is 0 Å². The molecule has 0 spiro atoms. The third kappa shape index (κ3) is 3.23. The highest BCUT2D eigenvalue weighted by atomic mass is 16.5. The summed E-state index contributed by atoms with van der Waals surface area (Å²) in [6, 6.07) is 23.1. The van der Waals surface area contributed by atoms with Crippen molar-refractivity contribution in [3.63, 3.8) is 0 Å². The fraction of sp³-hybridized carbons (Fsp3) is 0.0526. The summed E-state index contributed by atoms with van der Waals surface area (Å²) in [5.41, 5.74) is 3.61. The van der Waals surface area contributed by atoms with Crippen LogP contribution in [0.4, 0.5) is 0 Å². The van der Waals surface area contributed by atoms with Gasteiger partial charge in [0.1, 0.15) is 17.2 Å². The molecule has 3 rings (SSSR count). The Kier molecular flexibility index (Phi) is 3.61.